The number of aliphatic hydroxyl groups is 1. The summed E-state index contributed by atoms with van der Waals surface area (Å²) in [6.45, 7) is 1.90. The first kappa shape index (κ1) is 25.0. The summed E-state index contributed by atoms with van der Waals surface area (Å²) >= 11 is 6.32. The molecule has 3 saturated heterocycles. The van der Waals surface area contributed by atoms with Crippen molar-refractivity contribution in [1.29, 1.82) is 5.26 Å². The van der Waals surface area contributed by atoms with Gasteiger partial charge >= 0.3 is 0 Å². The summed E-state index contributed by atoms with van der Waals surface area (Å²) in [4.78, 5) is 33.7. The molecule has 0 spiro atoms. The number of hydrogen-bond donors (Lipinski definition) is 1. The first-order valence-electron chi connectivity index (χ1n) is 13.1. The summed E-state index contributed by atoms with van der Waals surface area (Å²) < 4.78 is 12.6. The highest BCUT2D eigenvalue weighted by Crippen LogP contribution is 2.62. The van der Waals surface area contributed by atoms with Gasteiger partial charge in [-0.2, -0.15) is 5.26 Å². The molecular weight excluding hydrogens is 530 g/mol. The molecule has 5 unspecified atom stereocenters. The van der Waals surface area contributed by atoms with Crippen molar-refractivity contribution in [2.75, 3.05) is 11.5 Å². The lowest BCUT2D eigenvalue weighted by Crippen LogP contribution is -2.49. The van der Waals surface area contributed by atoms with Gasteiger partial charge in [0.05, 0.1) is 52.5 Å². The van der Waals surface area contributed by atoms with Crippen molar-refractivity contribution in [2.45, 2.75) is 37.1 Å². The number of fused-ring (bicyclic) bond motifs is 7. The number of anilines is 1. The first-order valence-corrected chi connectivity index (χ1v) is 13.5. The van der Waals surface area contributed by atoms with Crippen molar-refractivity contribution in [2.24, 2.45) is 11.8 Å². The minimum atomic E-state index is -1.21. The Morgan fingerprint density at radius 2 is 1.82 bits per heavy atom. The van der Waals surface area contributed by atoms with Crippen molar-refractivity contribution < 1.29 is 24.2 Å². The normalized spacial score (nSPS) is 28.9. The number of ether oxygens (including phenoxy) is 2. The standard InChI is InChI=1S/C31H24ClN3O5/c1-30-24(36)15-31(40-30,12-14-39-23-11-9-21(32)20-7-4-13-34-27(20)23)26-25(30)28(37)35(29(26)38)22-10-8-17(16-33)18-5-2-3-6-19(18)22/h2-11,13,24-26,36H,12,14-15H2,1H3. The van der Waals surface area contributed by atoms with E-state index in [4.69, 9.17) is 21.1 Å². The van der Waals surface area contributed by atoms with E-state index < -0.39 is 35.0 Å². The van der Waals surface area contributed by atoms with Crippen LogP contribution in [0.5, 0.6) is 5.75 Å². The maximum Gasteiger partial charge on any atom is 0.240 e. The summed E-state index contributed by atoms with van der Waals surface area (Å²) in [7, 11) is 0. The van der Waals surface area contributed by atoms with Crippen LogP contribution >= 0.6 is 11.6 Å². The van der Waals surface area contributed by atoms with Gasteiger partial charge in [0.2, 0.25) is 11.8 Å². The van der Waals surface area contributed by atoms with Crippen molar-refractivity contribution in [1.82, 2.24) is 4.98 Å². The number of imide groups is 1. The molecule has 5 atom stereocenters. The summed E-state index contributed by atoms with van der Waals surface area (Å²) in [6, 6.07) is 19.8. The molecule has 2 bridgehead atoms. The number of carbonyl (C=O) groups excluding carboxylic acids is 2. The van der Waals surface area contributed by atoms with Gasteiger partial charge in [-0.15, -0.1) is 0 Å². The van der Waals surface area contributed by atoms with Gasteiger partial charge in [0.25, 0.3) is 0 Å². The number of nitriles is 1. The van der Waals surface area contributed by atoms with E-state index in [1.165, 1.54) is 4.90 Å². The number of amides is 2. The number of aliphatic hydroxyl groups excluding tert-OH is 1. The quantitative estimate of drug-likeness (QED) is 0.354. The average molecular weight is 554 g/mol. The van der Waals surface area contributed by atoms with Crippen molar-refractivity contribution in [3.63, 3.8) is 0 Å². The number of halogens is 1. The molecule has 0 saturated carbocycles. The Kier molecular flexibility index (Phi) is 5.45. The molecule has 0 radical (unpaired) electrons. The smallest absolute Gasteiger partial charge is 0.240 e. The average Bonchev–Trinajstić information content (AvgIpc) is 3.50. The van der Waals surface area contributed by atoms with Gasteiger partial charge in [0.1, 0.15) is 16.9 Å². The van der Waals surface area contributed by atoms with E-state index in [9.17, 15) is 20.0 Å². The number of hydrogen-bond acceptors (Lipinski definition) is 7. The Morgan fingerprint density at radius 1 is 1.07 bits per heavy atom. The van der Waals surface area contributed by atoms with E-state index in [1.807, 2.05) is 18.2 Å². The molecule has 200 valence electrons. The lowest BCUT2D eigenvalue weighted by molar-refractivity contribution is -0.134. The van der Waals surface area contributed by atoms with Crippen LogP contribution in [0.4, 0.5) is 5.69 Å². The Morgan fingerprint density at radius 3 is 2.62 bits per heavy atom. The lowest BCUT2D eigenvalue weighted by atomic mass is 9.66. The van der Waals surface area contributed by atoms with Gasteiger partial charge in [-0.25, -0.2) is 4.90 Å². The molecule has 9 heteroatoms. The number of benzene rings is 3. The van der Waals surface area contributed by atoms with Crippen LogP contribution in [0, 0.1) is 23.2 Å². The highest BCUT2D eigenvalue weighted by molar-refractivity contribution is 6.35. The molecule has 3 aliphatic rings. The zero-order valence-electron chi connectivity index (χ0n) is 21.5. The molecular formula is C31H24ClN3O5. The molecule has 4 heterocycles. The van der Waals surface area contributed by atoms with E-state index in [-0.39, 0.29) is 18.9 Å². The van der Waals surface area contributed by atoms with Crippen molar-refractivity contribution >= 4 is 50.8 Å². The molecule has 4 aromatic rings. The van der Waals surface area contributed by atoms with Gasteiger partial charge < -0.3 is 14.6 Å². The van der Waals surface area contributed by atoms with Crippen LogP contribution in [-0.4, -0.2) is 45.8 Å². The molecule has 40 heavy (non-hydrogen) atoms. The number of rotatable bonds is 5. The van der Waals surface area contributed by atoms with Gasteiger partial charge in [0, 0.05) is 35.2 Å². The molecule has 3 aliphatic heterocycles. The minimum absolute atomic E-state index is 0.181. The summed E-state index contributed by atoms with van der Waals surface area (Å²) in [5.41, 5.74) is -0.759. The van der Waals surface area contributed by atoms with Gasteiger partial charge in [-0.05, 0) is 43.3 Å². The molecule has 0 aliphatic carbocycles. The van der Waals surface area contributed by atoms with Gasteiger partial charge in [0.15, 0.2) is 0 Å². The number of carbonyl (C=O) groups is 2. The fourth-order valence-electron chi connectivity index (χ4n) is 7.00. The van der Waals surface area contributed by atoms with Crippen LogP contribution in [0.2, 0.25) is 5.02 Å². The summed E-state index contributed by atoms with van der Waals surface area (Å²) in [6.07, 6.45) is 1.26. The summed E-state index contributed by atoms with van der Waals surface area (Å²) in [5.74, 6) is -1.82. The minimum Gasteiger partial charge on any atom is -0.491 e. The molecule has 3 aromatic carbocycles. The van der Waals surface area contributed by atoms with E-state index >= 15 is 0 Å². The molecule has 8 nitrogen and oxygen atoms in total. The molecule has 7 rings (SSSR count). The Hall–Kier alpha value is -4.03. The fraction of sp³-hybridized carbons (Fsp3) is 0.290. The zero-order chi connectivity index (χ0) is 27.8. The molecule has 2 amide bonds. The first-order chi connectivity index (χ1) is 19.3. The van der Waals surface area contributed by atoms with Crippen LogP contribution in [0.1, 0.15) is 25.3 Å². The second-order valence-electron chi connectivity index (χ2n) is 10.9. The maximum atomic E-state index is 14.1. The highest BCUT2D eigenvalue weighted by Gasteiger charge is 2.77. The second kappa shape index (κ2) is 8.73. The Balaban J connectivity index is 1.23. The topological polar surface area (TPSA) is 113 Å². The summed E-state index contributed by atoms with van der Waals surface area (Å²) in [5, 5.41) is 23.3. The van der Waals surface area contributed by atoms with Crippen LogP contribution in [0.15, 0.2) is 66.9 Å². The van der Waals surface area contributed by atoms with Crippen LogP contribution in [-0.2, 0) is 14.3 Å². The SMILES string of the molecule is CC12OC(CCOc3ccc(Cl)c4cccnc34)(CC1O)C1C(=O)N(c3ccc(C#N)c4ccccc34)C(=O)C12. The van der Waals surface area contributed by atoms with Crippen molar-refractivity contribution in [3.05, 3.63) is 77.4 Å². The van der Waals surface area contributed by atoms with Crippen molar-refractivity contribution in [3.8, 4) is 11.8 Å². The molecule has 3 fully saturated rings. The third kappa shape index (κ3) is 3.29. The van der Waals surface area contributed by atoms with E-state index in [0.29, 0.717) is 44.7 Å². The molecule has 1 aromatic heterocycles. The van der Waals surface area contributed by atoms with Crippen LogP contribution in [0.3, 0.4) is 0 Å². The third-order valence-electron chi connectivity index (χ3n) is 8.84. The van der Waals surface area contributed by atoms with E-state index in [2.05, 4.69) is 11.1 Å². The van der Waals surface area contributed by atoms with E-state index in [1.54, 1.807) is 55.6 Å². The lowest BCUT2D eigenvalue weighted by Gasteiger charge is -2.33. The largest absolute Gasteiger partial charge is 0.491 e. The molecule has 1 N–H and O–H groups in total. The van der Waals surface area contributed by atoms with Gasteiger partial charge in [-0.3, -0.25) is 14.6 Å². The Labute approximate surface area is 234 Å². The monoisotopic (exact) mass is 553 g/mol. The van der Waals surface area contributed by atoms with Crippen LogP contribution < -0.4 is 9.64 Å². The fourth-order valence-corrected chi connectivity index (χ4v) is 7.21. The predicted molar refractivity (Wildman–Crippen MR) is 148 cm³/mol. The number of pyridine rings is 1. The maximum absolute atomic E-state index is 14.1. The zero-order valence-corrected chi connectivity index (χ0v) is 22.3. The van der Waals surface area contributed by atoms with Gasteiger partial charge in [-0.1, -0.05) is 35.9 Å². The highest BCUT2D eigenvalue weighted by atomic mass is 35.5. The Bertz CT molecular complexity index is 1790. The van der Waals surface area contributed by atoms with Crippen LogP contribution in [0.25, 0.3) is 21.7 Å². The number of nitrogens with zero attached hydrogens (tertiary/aromatic N) is 3. The number of aromatic nitrogens is 1. The predicted octanol–water partition coefficient (Wildman–Crippen LogP) is 4.78. The third-order valence-corrected chi connectivity index (χ3v) is 9.17. The van der Waals surface area contributed by atoms with E-state index in [0.717, 1.165) is 5.39 Å². The second-order valence-corrected chi connectivity index (χ2v) is 11.3.